The topological polar surface area (TPSA) is 175 Å². The highest BCUT2D eigenvalue weighted by Crippen LogP contribution is 2.62. The number of phenolic OH excluding ortho intramolecular Hbond substituents is 1. The Morgan fingerprint density at radius 2 is 1.56 bits per heavy atom. The lowest BCUT2D eigenvalue weighted by Gasteiger charge is -2.49. The Bertz CT molecular complexity index is 2440. The average molecular weight is 839 g/mol. The van der Waals surface area contributed by atoms with E-state index in [-0.39, 0.29) is 52.0 Å². The Labute approximate surface area is 349 Å². The van der Waals surface area contributed by atoms with Gasteiger partial charge >= 0.3 is 7.12 Å². The molecular weight excluding hydrogens is 800 g/mol. The number of hydrogen-bond acceptors (Lipinski definition) is 11. The lowest BCUT2D eigenvalue weighted by atomic mass is 9.50. The van der Waals surface area contributed by atoms with Crippen LogP contribution in [0.5, 0.6) is 23.0 Å². The van der Waals surface area contributed by atoms with E-state index in [0.717, 1.165) is 9.91 Å². The van der Waals surface area contributed by atoms with Crippen molar-refractivity contribution < 1.29 is 48.5 Å². The zero-order valence-corrected chi connectivity index (χ0v) is 33.5. The quantitative estimate of drug-likeness (QED) is 0.0946. The molecule has 0 radical (unpaired) electrons. The number of halogens is 2. The Hall–Kier alpha value is -5.80. The molecule has 4 aliphatic rings. The number of methoxy groups -OCH3 is 3. The molecule has 2 aliphatic heterocycles. The SMILES string of the molecule is COc1ccc([C@@]23C(=O)N(Nc4ccc(Cl)cc4Cl)C(=O)[C@@H]2C[C@@H]2C(=CC[C@@H]4C(=O)N(c5cccc(B(O)O)c5)C(=O)[C@@H]42)[C@@H]3C=Cc2cc(OC)c(O)c(OC)c2)cc1. The maximum absolute atomic E-state index is 15.5. The first kappa shape index (κ1) is 40.0. The number of nitrogens with one attached hydrogen (secondary N) is 1. The highest BCUT2D eigenvalue weighted by molar-refractivity contribution is 6.58. The number of imide groups is 2. The Morgan fingerprint density at radius 3 is 2.20 bits per heavy atom. The molecule has 2 saturated heterocycles. The molecule has 0 aromatic heterocycles. The van der Waals surface area contributed by atoms with E-state index >= 15 is 4.79 Å². The normalized spacial score (nSPS) is 24.8. The molecule has 0 bridgehead atoms. The van der Waals surface area contributed by atoms with Crippen LogP contribution >= 0.6 is 23.2 Å². The number of amides is 4. The van der Waals surface area contributed by atoms with Gasteiger partial charge < -0.3 is 29.4 Å². The number of allylic oxidation sites excluding steroid dienone is 3. The van der Waals surface area contributed by atoms with Crippen molar-refractivity contribution in [1.82, 2.24) is 5.01 Å². The Balaban J connectivity index is 1.31. The van der Waals surface area contributed by atoms with Crippen LogP contribution < -0.4 is 30.0 Å². The largest absolute Gasteiger partial charge is 0.502 e. The molecule has 1 saturated carbocycles. The molecule has 0 spiro atoms. The van der Waals surface area contributed by atoms with E-state index in [9.17, 15) is 29.5 Å². The lowest BCUT2D eigenvalue weighted by Crippen LogP contribution is -2.54. The van der Waals surface area contributed by atoms with Gasteiger partial charge in [-0.2, -0.15) is 5.01 Å². The minimum atomic E-state index is -1.82. The number of benzene rings is 4. The summed E-state index contributed by atoms with van der Waals surface area (Å²) in [5, 5.41) is 31.9. The predicted octanol–water partition coefficient (Wildman–Crippen LogP) is 5.14. The van der Waals surface area contributed by atoms with Gasteiger partial charge in [-0.05, 0) is 89.9 Å². The number of nitrogens with zero attached hydrogens (tertiary/aromatic N) is 2. The van der Waals surface area contributed by atoms with Crippen molar-refractivity contribution in [2.45, 2.75) is 18.3 Å². The van der Waals surface area contributed by atoms with Crippen molar-refractivity contribution in [3.8, 4) is 23.0 Å². The highest BCUT2D eigenvalue weighted by Gasteiger charge is 2.69. The summed E-state index contributed by atoms with van der Waals surface area (Å²) in [5.41, 5.74) is 3.69. The number of carbonyl (C=O) groups excluding carboxylic acids is 4. The van der Waals surface area contributed by atoms with Crippen molar-refractivity contribution >= 4 is 76.9 Å². The van der Waals surface area contributed by atoms with Gasteiger partial charge in [0.2, 0.25) is 17.6 Å². The minimum Gasteiger partial charge on any atom is -0.502 e. The number of carbonyl (C=O) groups is 4. The number of phenols is 1. The second-order valence-electron chi connectivity index (χ2n) is 14.9. The van der Waals surface area contributed by atoms with Gasteiger partial charge in [-0.25, -0.2) is 0 Å². The van der Waals surface area contributed by atoms with Crippen LogP contribution in [-0.2, 0) is 24.6 Å². The molecule has 2 aliphatic carbocycles. The van der Waals surface area contributed by atoms with Gasteiger partial charge in [0.15, 0.2) is 11.5 Å². The number of hydrogen-bond donors (Lipinski definition) is 4. The number of anilines is 2. The van der Waals surface area contributed by atoms with Gasteiger partial charge in [-0.15, -0.1) is 0 Å². The fraction of sp³-hybridized carbons (Fsp3) is 0.256. The van der Waals surface area contributed by atoms with Gasteiger partial charge in [-0.3, -0.25) is 29.5 Å². The first-order valence-electron chi connectivity index (χ1n) is 18.8. The van der Waals surface area contributed by atoms with E-state index in [1.807, 2.05) is 12.2 Å². The first-order chi connectivity index (χ1) is 28.3. The molecule has 4 aromatic rings. The highest BCUT2D eigenvalue weighted by atomic mass is 35.5. The summed E-state index contributed by atoms with van der Waals surface area (Å²) < 4.78 is 16.3. The number of rotatable bonds is 10. The van der Waals surface area contributed by atoms with Crippen molar-refractivity contribution in [1.29, 1.82) is 0 Å². The van der Waals surface area contributed by atoms with Crippen LogP contribution in [0.1, 0.15) is 24.0 Å². The van der Waals surface area contributed by atoms with Crippen LogP contribution in [0, 0.1) is 29.6 Å². The van der Waals surface area contributed by atoms with Crippen molar-refractivity contribution in [3.05, 3.63) is 118 Å². The van der Waals surface area contributed by atoms with Crippen molar-refractivity contribution in [3.63, 3.8) is 0 Å². The van der Waals surface area contributed by atoms with E-state index in [0.29, 0.717) is 27.5 Å². The summed E-state index contributed by atoms with van der Waals surface area (Å²) in [6.45, 7) is 0. The number of aromatic hydroxyl groups is 1. The number of ether oxygens (including phenoxy) is 3. The van der Waals surface area contributed by atoms with E-state index in [4.69, 9.17) is 37.4 Å². The molecule has 6 atom stereocenters. The van der Waals surface area contributed by atoms with Crippen LogP contribution in [0.25, 0.3) is 6.08 Å². The molecule has 4 amide bonds. The fourth-order valence-electron chi connectivity index (χ4n) is 9.39. The van der Waals surface area contributed by atoms with Crippen LogP contribution in [-0.4, -0.2) is 72.2 Å². The second-order valence-corrected chi connectivity index (χ2v) is 15.7. The molecular formula is C43H38BCl2N3O10. The van der Waals surface area contributed by atoms with Gasteiger partial charge in [0.1, 0.15) is 5.75 Å². The third-order valence-electron chi connectivity index (χ3n) is 12.1. The van der Waals surface area contributed by atoms with Crippen LogP contribution in [0.2, 0.25) is 10.0 Å². The molecule has 0 unspecified atom stereocenters. The van der Waals surface area contributed by atoms with Crippen molar-refractivity contribution in [2.75, 3.05) is 31.7 Å². The third kappa shape index (κ3) is 6.42. The molecule has 16 heteroatoms. The molecule has 302 valence electrons. The van der Waals surface area contributed by atoms with Gasteiger partial charge in [0.25, 0.3) is 11.8 Å². The summed E-state index contributed by atoms with van der Waals surface area (Å²) in [5.74, 6) is -5.77. The van der Waals surface area contributed by atoms with Gasteiger partial charge in [0.05, 0.1) is 60.9 Å². The molecule has 3 fully saturated rings. The van der Waals surface area contributed by atoms with Crippen LogP contribution in [0.4, 0.5) is 11.4 Å². The van der Waals surface area contributed by atoms with E-state index in [1.54, 1.807) is 60.7 Å². The molecule has 4 N–H and O–H groups in total. The van der Waals surface area contributed by atoms with E-state index in [2.05, 4.69) is 5.43 Å². The Morgan fingerprint density at radius 1 is 0.847 bits per heavy atom. The summed E-state index contributed by atoms with van der Waals surface area (Å²) in [7, 11) is 2.51. The van der Waals surface area contributed by atoms with E-state index < -0.39 is 65.8 Å². The fourth-order valence-corrected chi connectivity index (χ4v) is 9.84. The molecule has 2 heterocycles. The summed E-state index contributed by atoms with van der Waals surface area (Å²) in [6, 6.07) is 20.7. The number of fused-ring (bicyclic) bond motifs is 4. The van der Waals surface area contributed by atoms with Gasteiger partial charge in [-0.1, -0.05) is 71.3 Å². The zero-order chi connectivity index (χ0) is 41.9. The molecule has 59 heavy (non-hydrogen) atoms. The first-order valence-corrected chi connectivity index (χ1v) is 19.5. The maximum atomic E-state index is 15.5. The van der Waals surface area contributed by atoms with Crippen molar-refractivity contribution in [2.24, 2.45) is 29.6 Å². The Kier molecular flexibility index (Phi) is 10.5. The molecule has 13 nitrogen and oxygen atoms in total. The third-order valence-corrected chi connectivity index (χ3v) is 12.6. The average Bonchev–Trinajstić information content (AvgIpc) is 3.62. The van der Waals surface area contributed by atoms with Crippen LogP contribution in [0.15, 0.2) is 96.6 Å². The lowest BCUT2D eigenvalue weighted by molar-refractivity contribution is -0.139. The molecule has 4 aromatic carbocycles. The summed E-state index contributed by atoms with van der Waals surface area (Å²) >= 11 is 12.7. The smallest absolute Gasteiger partial charge is 0.488 e. The maximum Gasteiger partial charge on any atom is 0.488 e. The minimum absolute atomic E-state index is 0.0313. The molecule has 8 rings (SSSR count). The predicted molar refractivity (Wildman–Crippen MR) is 220 cm³/mol. The second kappa shape index (κ2) is 15.4. The van der Waals surface area contributed by atoms with E-state index in [1.165, 1.54) is 45.6 Å². The van der Waals surface area contributed by atoms with Gasteiger partial charge in [0, 0.05) is 10.9 Å². The summed E-state index contributed by atoms with van der Waals surface area (Å²) in [6.07, 6.45) is 5.67. The monoisotopic (exact) mass is 837 g/mol. The number of hydrazine groups is 1. The summed E-state index contributed by atoms with van der Waals surface area (Å²) in [4.78, 5) is 60.3. The zero-order valence-electron chi connectivity index (χ0n) is 32.0. The standard InChI is InChI=1S/C43H38BCl2N3O10/c1-57-27-11-8-23(9-12-27)43-31(15-7-22-17-35(58-2)38(50)36(18-22)59-3)28-13-14-29-37(41(53)48(39(29)51)26-6-4-5-24(19-26)44(55)56)30(28)21-32(43)40(52)49(42(43)54)47-34-16-10-25(45)20-33(34)46/h4-13,15-20,29-32,37,47,50,55-56H,14,21H2,1-3H3/t29-,30+,31-,32-,37-,43-/m0/s1. The van der Waals surface area contributed by atoms with Crippen LogP contribution in [0.3, 0.4) is 0 Å².